The van der Waals surface area contributed by atoms with Gasteiger partial charge in [0.25, 0.3) is 11.5 Å². The number of rotatable bonds is 2. The molecule has 2 aromatic carbocycles. The molecule has 1 aromatic heterocycles. The first-order valence-corrected chi connectivity index (χ1v) is 7.18. The zero-order valence-electron chi connectivity index (χ0n) is 12.3. The smallest absolute Gasteiger partial charge is 0.268 e. The normalized spacial score (nSPS) is 9.91. The van der Waals surface area contributed by atoms with Crippen molar-refractivity contribution >= 4 is 16.7 Å². The Morgan fingerprint density at radius 1 is 1.04 bits per heavy atom. The van der Waals surface area contributed by atoms with E-state index in [0.717, 1.165) is 10.9 Å². The molecule has 0 saturated heterocycles. The molecule has 1 heterocycles. The highest BCUT2D eigenvalue weighted by molar-refractivity contribution is 5.96. The third kappa shape index (κ3) is 3.47. The first-order chi connectivity index (χ1) is 11.2. The lowest BCUT2D eigenvalue weighted by atomic mass is 10.1. The van der Waals surface area contributed by atoms with E-state index in [-0.39, 0.29) is 23.7 Å². The molecule has 0 aliphatic heterocycles. The molecule has 0 aliphatic carbocycles. The van der Waals surface area contributed by atoms with Gasteiger partial charge in [0.2, 0.25) is 0 Å². The van der Waals surface area contributed by atoms with Crippen molar-refractivity contribution in [2.45, 2.75) is 0 Å². The highest BCUT2D eigenvalue weighted by atomic mass is 16.2. The Hall–Kier alpha value is -3.32. The number of amides is 1. The molecule has 0 radical (unpaired) electrons. The van der Waals surface area contributed by atoms with E-state index in [0.29, 0.717) is 5.39 Å². The fourth-order valence-electron chi connectivity index (χ4n) is 2.22. The minimum atomic E-state index is -0.352. The maximum atomic E-state index is 12.1. The van der Waals surface area contributed by atoms with E-state index in [1.165, 1.54) is 0 Å². The van der Waals surface area contributed by atoms with Crippen molar-refractivity contribution in [3.63, 3.8) is 0 Å². The summed E-state index contributed by atoms with van der Waals surface area (Å²) in [5.41, 5.74) is 0.847. The molecule has 3 aromatic rings. The number of nitrogens with one attached hydrogen (secondary N) is 2. The summed E-state index contributed by atoms with van der Waals surface area (Å²) in [5.74, 6) is 5.48. The summed E-state index contributed by atoms with van der Waals surface area (Å²) in [7, 11) is 0. The van der Waals surface area contributed by atoms with Crippen LogP contribution in [-0.4, -0.2) is 17.4 Å². The van der Waals surface area contributed by atoms with Crippen LogP contribution in [0.2, 0.25) is 0 Å². The number of H-pyrrole nitrogens is 1. The minimum Gasteiger partial charge on any atom is -0.340 e. The lowest BCUT2D eigenvalue weighted by Gasteiger charge is -2.03. The van der Waals surface area contributed by atoms with Crippen molar-refractivity contribution in [2.24, 2.45) is 0 Å². The third-order valence-electron chi connectivity index (χ3n) is 3.34. The monoisotopic (exact) mass is 302 g/mol. The largest absolute Gasteiger partial charge is 0.340 e. The number of aromatic amines is 1. The summed E-state index contributed by atoms with van der Waals surface area (Å²) >= 11 is 0. The number of pyridine rings is 1. The molecule has 0 unspecified atom stereocenters. The Labute approximate surface area is 133 Å². The van der Waals surface area contributed by atoms with Crippen LogP contribution >= 0.6 is 0 Å². The van der Waals surface area contributed by atoms with Gasteiger partial charge in [0.05, 0.1) is 6.54 Å². The summed E-state index contributed by atoms with van der Waals surface area (Å²) in [6, 6.07) is 18.3. The molecule has 1 amide bonds. The topological polar surface area (TPSA) is 62.0 Å². The summed E-state index contributed by atoms with van der Waals surface area (Å²) in [4.78, 5) is 26.7. The van der Waals surface area contributed by atoms with E-state index in [9.17, 15) is 9.59 Å². The molecule has 4 nitrogen and oxygen atoms in total. The van der Waals surface area contributed by atoms with Gasteiger partial charge in [0.15, 0.2) is 0 Å². The highest BCUT2D eigenvalue weighted by Gasteiger charge is 2.08. The molecular weight excluding hydrogens is 288 g/mol. The van der Waals surface area contributed by atoms with Crippen molar-refractivity contribution < 1.29 is 4.79 Å². The fraction of sp³-hybridized carbons (Fsp3) is 0.0526. The van der Waals surface area contributed by atoms with Crippen LogP contribution in [0.4, 0.5) is 0 Å². The van der Waals surface area contributed by atoms with E-state index in [1.807, 2.05) is 36.4 Å². The Morgan fingerprint density at radius 2 is 1.78 bits per heavy atom. The lowest BCUT2D eigenvalue weighted by Crippen LogP contribution is -2.26. The SMILES string of the molecule is O=C(NCC#Cc1ccccc1)c1cc2ccccc2c(=O)[nH]1. The molecule has 0 aliphatic rings. The number of carbonyl (C=O) groups excluding carboxylic acids is 1. The third-order valence-corrected chi connectivity index (χ3v) is 3.34. The Balaban J connectivity index is 1.72. The van der Waals surface area contributed by atoms with Gasteiger partial charge in [-0.3, -0.25) is 9.59 Å². The maximum absolute atomic E-state index is 12.1. The summed E-state index contributed by atoms with van der Waals surface area (Å²) in [6.45, 7) is 0.211. The lowest BCUT2D eigenvalue weighted by molar-refractivity contribution is 0.0953. The number of hydrogen-bond donors (Lipinski definition) is 2. The van der Waals surface area contributed by atoms with E-state index < -0.39 is 0 Å². The van der Waals surface area contributed by atoms with Crippen LogP contribution in [0.1, 0.15) is 16.1 Å². The Bertz CT molecular complexity index is 963. The number of aromatic nitrogens is 1. The molecule has 3 rings (SSSR count). The van der Waals surface area contributed by atoms with Crippen LogP contribution in [0.15, 0.2) is 65.5 Å². The number of benzene rings is 2. The van der Waals surface area contributed by atoms with Gasteiger partial charge in [-0.05, 0) is 29.7 Å². The highest BCUT2D eigenvalue weighted by Crippen LogP contribution is 2.09. The first-order valence-electron chi connectivity index (χ1n) is 7.18. The van der Waals surface area contributed by atoms with Crippen LogP contribution in [0.5, 0.6) is 0 Å². The van der Waals surface area contributed by atoms with Crippen LogP contribution in [-0.2, 0) is 0 Å². The molecule has 0 bridgehead atoms. The molecule has 23 heavy (non-hydrogen) atoms. The van der Waals surface area contributed by atoms with Crippen molar-refractivity contribution in [2.75, 3.05) is 6.54 Å². The quantitative estimate of drug-likeness (QED) is 0.714. The van der Waals surface area contributed by atoms with Gasteiger partial charge in [-0.25, -0.2) is 0 Å². The zero-order chi connectivity index (χ0) is 16.1. The second-order valence-corrected chi connectivity index (χ2v) is 4.95. The number of fused-ring (bicyclic) bond motifs is 1. The summed E-state index contributed by atoms with van der Waals surface area (Å²) < 4.78 is 0. The fourth-order valence-corrected chi connectivity index (χ4v) is 2.22. The van der Waals surface area contributed by atoms with Crippen molar-refractivity contribution in [1.29, 1.82) is 0 Å². The summed E-state index contributed by atoms with van der Waals surface area (Å²) in [5, 5.41) is 3.97. The second-order valence-electron chi connectivity index (χ2n) is 4.95. The van der Waals surface area contributed by atoms with Crippen molar-refractivity contribution in [3.05, 3.63) is 82.3 Å². The van der Waals surface area contributed by atoms with Crippen LogP contribution in [0.3, 0.4) is 0 Å². The minimum absolute atomic E-state index is 0.211. The molecule has 0 spiro atoms. The van der Waals surface area contributed by atoms with Crippen LogP contribution < -0.4 is 10.9 Å². The molecule has 2 N–H and O–H groups in total. The van der Waals surface area contributed by atoms with Gasteiger partial charge in [0.1, 0.15) is 5.69 Å². The van der Waals surface area contributed by atoms with Crippen molar-refractivity contribution in [1.82, 2.24) is 10.3 Å². The molecule has 4 heteroatoms. The molecule has 0 atom stereocenters. The predicted molar refractivity (Wildman–Crippen MR) is 90.2 cm³/mol. The Morgan fingerprint density at radius 3 is 2.61 bits per heavy atom. The van der Waals surface area contributed by atoms with Gasteiger partial charge in [-0.1, -0.05) is 48.2 Å². The summed E-state index contributed by atoms with van der Waals surface area (Å²) in [6.07, 6.45) is 0. The second kappa shape index (κ2) is 6.63. The predicted octanol–water partition coefficient (Wildman–Crippen LogP) is 2.31. The number of carbonyl (C=O) groups is 1. The van der Waals surface area contributed by atoms with Gasteiger partial charge in [0, 0.05) is 10.9 Å². The van der Waals surface area contributed by atoms with E-state index >= 15 is 0 Å². The van der Waals surface area contributed by atoms with Crippen LogP contribution in [0.25, 0.3) is 10.8 Å². The van der Waals surface area contributed by atoms with Gasteiger partial charge in [-0.2, -0.15) is 0 Å². The standard InChI is InChI=1S/C19H14N2O2/c22-18-16-11-5-4-10-15(16)13-17(21-18)19(23)20-12-6-9-14-7-2-1-3-8-14/h1-5,7-8,10-11,13H,12H2,(H,20,23)(H,21,22). The van der Waals surface area contributed by atoms with Gasteiger partial charge < -0.3 is 10.3 Å². The van der Waals surface area contributed by atoms with E-state index in [4.69, 9.17) is 0 Å². The maximum Gasteiger partial charge on any atom is 0.268 e. The average molecular weight is 302 g/mol. The van der Waals surface area contributed by atoms with E-state index in [1.54, 1.807) is 24.3 Å². The van der Waals surface area contributed by atoms with Crippen molar-refractivity contribution in [3.8, 4) is 11.8 Å². The molecule has 0 fully saturated rings. The molecule has 0 saturated carbocycles. The van der Waals surface area contributed by atoms with Gasteiger partial charge >= 0.3 is 0 Å². The first kappa shape index (κ1) is 14.6. The van der Waals surface area contributed by atoms with E-state index in [2.05, 4.69) is 22.1 Å². The zero-order valence-corrected chi connectivity index (χ0v) is 12.3. The Kier molecular flexibility index (Phi) is 4.21. The van der Waals surface area contributed by atoms with Crippen LogP contribution in [0, 0.1) is 11.8 Å². The molecule has 112 valence electrons. The average Bonchev–Trinajstić information content (AvgIpc) is 2.59. The number of hydrogen-bond acceptors (Lipinski definition) is 2. The molecular formula is C19H14N2O2. The van der Waals surface area contributed by atoms with Gasteiger partial charge in [-0.15, -0.1) is 0 Å².